The SMILES string of the molecule is O=C(NCc1ccncc1)c1ccc(Cn2cccn2)cc1. The third-order valence-electron chi connectivity index (χ3n) is 3.32. The van der Waals surface area contributed by atoms with E-state index in [1.165, 1.54) is 0 Å². The fourth-order valence-corrected chi connectivity index (χ4v) is 2.13. The number of amides is 1. The zero-order valence-electron chi connectivity index (χ0n) is 12.0. The van der Waals surface area contributed by atoms with Crippen molar-refractivity contribution in [3.63, 3.8) is 0 Å². The highest BCUT2D eigenvalue weighted by atomic mass is 16.1. The van der Waals surface area contributed by atoms with Crippen LogP contribution in [0, 0.1) is 0 Å². The summed E-state index contributed by atoms with van der Waals surface area (Å²) in [7, 11) is 0. The van der Waals surface area contributed by atoms with Crippen LogP contribution < -0.4 is 5.32 Å². The molecule has 5 heteroatoms. The first-order valence-electron chi connectivity index (χ1n) is 7.05. The van der Waals surface area contributed by atoms with Crippen molar-refractivity contribution in [1.82, 2.24) is 20.1 Å². The smallest absolute Gasteiger partial charge is 0.251 e. The van der Waals surface area contributed by atoms with E-state index in [0.717, 1.165) is 11.1 Å². The number of benzene rings is 1. The van der Waals surface area contributed by atoms with Crippen LogP contribution in [0.2, 0.25) is 0 Å². The zero-order chi connectivity index (χ0) is 15.2. The summed E-state index contributed by atoms with van der Waals surface area (Å²) in [6.07, 6.45) is 7.09. The van der Waals surface area contributed by atoms with Crippen LogP contribution in [0.1, 0.15) is 21.5 Å². The van der Waals surface area contributed by atoms with E-state index in [0.29, 0.717) is 18.7 Å². The summed E-state index contributed by atoms with van der Waals surface area (Å²) in [5, 5.41) is 7.06. The van der Waals surface area contributed by atoms with Gasteiger partial charge in [0.05, 0.1) is 6.54 Å². The highest BCUT2D eigenvalue weighted by molar-refractivity contribution is 5.94. The van der Waals surface area contributed by atoms with E-state index in [-0.39, 0.29) is 5.91 Å². The number of hydrogen-bond acceptors (Lipinski definition) is 3. The third-order valence-corrected chi connectivity index (χ3v) is 3.32. The molecule has 0 bridgehead atoms. The molecule has 5 nitrogen and oxygen atoms in total. The maximum absolute atomic E-state index is 12.1. The van der Waals surface area contributed by atoms with Gasteiger partial charge in [0, 0.05) is 36.9 Å². The van der Waals surface area contributed by atoms with E-state index in [1.807, 2.05) is 53.3 Å². The molecule has 1 amide bonds. The Labute approximate surface area is 128 Å². The standard InChI is InChI=1S/C17H16N4O/c22-17(19-12-14-6-9-18-10-7-14)16-4-2-15(3-5-16)13-21-11-1-8-20-21/h1-11H,12-13H2,(H,19,22). The Balaban J connectivity index is 1.59. The van der Waals surface area contributed by atoms with Gasteiger partial charge >= 0.3 is 0 Å². The second-order valence-corrected chi connectivity index (χ2v) is 4.94. The predicted molar refractivity (Wildman–Crippen MR) is 83.2 cm³/mol. The van der Waals surface area contributed by atoms with Gasteiger partial charge < -0.3 is 5.32 Å². The van der Waals surface area contributed by atoms with Gasteiger partial charge in [-0.25, -0.2) is 0 Å². The molecule has 1 aromatic carbocycles. The molecule has 2 aromatic heterocycles. The lowest BCUT2D eigenvalue weighted by atomic mass is 10.1. The molecule has 1 N–H and O–H groups in total. The second kappa shape index (κ2) is 6.67. The molecule has 0 unspecified atom stereocenters. The molecule has 3 aromatic rings. The quantitative estimate of drug-likeness (QED) is 0.784. The molecule has 0 saturated heterocycles. The fraction of sp³-hybridized carbons (Fsp3) is 0.118. The number of nitrogens with one attached hydrogen (secondary N) is 1. The summed E-state index contributed by atoms with van der Waals surface area (Å²) < 4.78 is 1.85. The summed E-state index contributed by atoms with van der Waals surface area (Å²) in [4.78, 5) is 16.1. The Morgan fingerprint density at radius 2 is 1.77 bits per heavy atom. The van der Waals surface area contributed by atoms with Crippen LogP contribution >= 0.6 is 0 Å². The fourth-order valence-electron chi connectivity index (χ4n) is 2.13. The lowest BCUT2D eigenvalue weighted by Gasteiger charge is -2.06. The summed E-state index contributed by atoms with van der Waals surface area (Å²) in [5.74, 6) is -0.0811. The van der Waals surface area contributed by atoms with Gasteiger partial charge in [-0.3, -0.25) is 14.5 Å². The molecule has 0 spiro atoms. The number of rotatable bonds is 5. The van der Waals surface area contributed by atoms with Gasteiger partial charge in [-0.1, -0.05) is 12.1 Å². The largest absolute Gasteiger partial charge is 0.348 e. The van der Waals surface area contributed by atoms with Gasteiger partial charge in [-0.15, -0.1) is 0 Å². The zero-order valence-corrected chi connectivity index (χ0v) is 12.0. The van der Waals surface area contributed by atoms with Crippen LogP contribution in [-0.2, 0) is 13.1 Å². The normalized spacial score (nSPS) is 10.4. The van der Waals surface area contributed by atoms with Crippen LogP contribution in [-0.4, -0.2) is 20.7 Å². The molecule has 0 atom stereocenters. The Morgan fingerprint density at radius 1 is 1.00 bits per heavy atom. The highest BCUT2D eigenvalue weighted by Crippen LogP contribution is 2.06. The molecule has 0 fully saturated rings. The first-order chi connectivity index (χ1) is 10.8. The summed E-state index contributed by atoms with van der Waals surface area (Å²) >= 11 is 0. The first-order valence-corrected chi connectivity index (χ1v) is 7.05. The number of carbonyl (C=O) groups excluding carboxylic acids is 1. The summed E-state index contributed by atoms with van der Waals surface area (Å²) in [6, 6.07) is 13.2. The van der Waals surface area contributed by atoms with Gasteiger partial charge in [-0.05, 0) is 41.5 Å². The van der Waals surface area contributed by atoms with Crippen LogP contribution in [0.5, 0.6) is 0 Å². The molecule has 0 saturated carbocycles. The third kappa shape index (κ3) is 3.58. The predicted octanol–water partition coefficient (Wildman–Crippen LogP) is 2.26. The van der Waals surface area contributed by atoms with Crippen LogP contribution in [0.25, 0.3) is 0 Å². The topological polar surface area (TPSA) is 59.8 Å². The number of hydrogen-bond donors (Lipinski definition) is 1. The molecule has 0 aliphatic heterocycles. The van der Waals surface area contributed by atoms with Crippen molar-refractivity contribution in [2.24, 2.45) is 0 Å². The van der Waals surface area contributed by atoms with E-state index < -0.39 is 0 Å². The average Bonchev–Trinajstić information content (AvgIpc) is 3.07. The molecule has 2 heterocycles. The molecule has 3 rings (SSSR count). The van der Waals surface area contributed by atoms with Gasteiger partial charge in [0.2, 0.25) is 0 Å². The van der Waals surface area contributed by atoms with Crippen molar-refractivity contribution in [3.8, 4) is 0 Å². The first kappa shape index (κ1) is 14.0. The van der Waals surface area contributed by atoms with Crippen LogP contribution in [0.3, 0.4) is 0 Å². The second-order valence-electron chi connectivity index (χ2n) is 4.94. The summed E-state index contributed by atoms with van der Waals surface area (Å²) in [6.45, 7) is 1.20. The van der Waals surface area contributed by atoms with Crippen molar-refractivity contribution in [3.05, 3.63) is 83.9 Å². The van der Waals surface area contributed by atoms with Gasteiger partial charge in [-0.2, -0.15) is 5.10 Å². The van der Waals surface area contributed by atoms with Crippen molar-refractivity contribution in [2.75, 3.05) is 0 Å². The molecule has 0 radical (unpaired) electrons. The van der Waals surface area contributed by atoms with E-state index in [2.05, 4.69) is 15.4 Å². The molecule has 110 valence electrons. The number of aromatic nitrogens is 3. The number of nitrogens with zero attached hydrogens (tertiary/aromatic N) is 3. The molecule has 22 heavy (non-hydrogen) atoms. The maximum Gasteiger partial charge on any atom is 0.251 e. The van der Waals surface area contributed by atoms with Crippen LogP contribution in [0.4, 0.5) is 0 Å². The van der Waals surface area contributed by atoms with Crippen molar-refractivity contribution in [2.45, 2.75) is 13.1 Å². The van der Waals surface area contributed by atoms with Gasteiger partial charge in [0.1, 0.15) is 0 Å². The van der Waals surface area contributed by atoms with Crippen molar-refractivity contribution >= 4 is 5.91 Å². The van der Waals surface area contributed by atoms with E-state index >= 15 is 0 Å². The monoisotopic (exact) mass is 292 g/mol. The minimum absolute atomic E-state index is 0.0811. The Kier molecular flexibility index (Phi) is 4.25. The Morgan fingerprint density at radius 3 is 2.45 bits per heavy atom. The van der Waals surface area contributed by atoms with E-state index in [4.69, 9.17) is 0 Å². The summed E-state index contributed by atoms with van der Waals surface area (Å²) in [5.41, 5.74) is 2.78. The Bertz CT molecular complexity index is 721. The average molecular weight is 292 g/mol. The molecular formula is C17H16N4O. The van der Waals surface area contributed by atoms with Crippen molar-refractivity contribution in [1.29, 1.82) is 0 Å². The lowest BCUT2D eigenvalue weighted by Crippen LogP contribution is -2.22. The van der Waals surface area contributed by atoms with Gasteiger partial charge in [0.15, 0.2) is 0 Å². The lowest BCUT2D eigenvalue weighted by molar-refractivity contribution is 0.0951. The number of pyridine rings is 1. The van der Waals surface area contributed by atoms with E-state index in [1.54, 1.807) is 18.6 Å². The molecular weight excluding hydrogens is 276 g/mol. The van der Waals surface area contributed by atoms with Crippen LogP contribution in [0.15, 0.2) is 67.3 Å². The number of carbonyl (C=O) groups is 1. The maximum atomic E-state index is 12.1. The molecule has 0 aliphatic carbocycles. The minimum atomic E-state index is -0.0811. The molecule has 0 aliphatic rings. The van der Waals surface area contributed by atoms with Gasteiger partial charge in [0.25, 0.3) is 5.91 Å². The Hall–Kier alpha value is -2.95. The highest BCUT2D eigenvalue weighted by Gasteiger charge is 2.05. The van der Waals surface area contributed by atoms with E-state index in [9.17, 15) is 4.79 Å². The van der Waals surface area contributed by atoms with Crippen molar-refractivity contribution < 1.29 is 4.79 Å². The minimum Gasteiger partial charge on any atom is -0.348 e.